The summed E-state index contributed by atoms with van der Waals surface area (Å²) in [6.07, 6.45) is -4.64. The number of carboxylic acids is 1. The van der Waals surface area contributed by atoms with Crippen molar-refractivity contribution in [3.63, 3.8) is 0 Å². The molecule has 1 rings (SSSR count). The summed E-state index contributed by atoms with van der Waals surface area (Å²) in [6.45, 7) is -0.154. The first-order valence-electron chi connectivity index (χ1n) is 6.30. The average molecular weight is 319 g/mol. The van der Waals surface area contributed by atoms with Crippen LogP contribution in [-0.4, -0.2) is 35.6 Å². The van der Waals surface area contributed by atoms with Gasteiger partial charge in [-0.05, 0) is 17.7 Å². The van der Waals surface area contributed by atoms with Crippen LogP contribution in [0.15, 0.2) is 24.3 Å². The molecule has 0 unspecified atom stereocenters. The number of hydrogen-bond acceptors (Lipinski definition) is 4. The van der Waals surface area contributed by atoms with E-state index in [0.29, 0.717) is 5.56 Å². The van der Waals surface area contributed by atoms with Crippen molar-refractivity contribution in [1.29, 1.82) is 0 Å². The number of aliphatic carboxylic acids is 1. The summed E-state index contributed by atoms with van der Waals surface area (Å²) in [7, 11) is 0. The largest absolute Gasteiger partial charge is 0.480 e. The molecule has 1 aromatic carbocycles. The molecule has 0 bridgehead atoms. The number of carbonyl (C=O) groups excluding carboxylic acids is 1. The number of nitrogens with one attached hydrogen (secondary N) is 1. The fourth-order valence-corrected chi connectivity index (χ4v) is 1.65. The maximum atomic E-state index is 12.4. The number of amides is 1. The Morgan fingerprint density at radius 1 is 1.23 bits per heavy atom. The minimum absolute atomic E-state index is 0.154. The molecule has 1 amide bonds. The van der Waals surface area contributed by atoms with Crippen molar-refractivity contribution < 1.29 is 27.9 Å². The first-order valence-corrected chi connectivity index (χ1v) is 6.30. The second kappa shape index (κ2) is 7.23. The molecule has 0 heterocycles. The van der Waals surface area contributed by atoms with Crippen molar-refractivity contribution in [2.45, 2.75) is 24.7 Å². The van der Waals surface area contributed by atoms with E-state index in [2.05, 4.69) is 5.32 Å². The van der Waals surface area contributed by atoms with E-state index in [1.807, 2.05) is 0 Å². The summed E-state index contributed by atoms with van der Waals surface area (Å²) < 4.78 is 37.3. The van der Waals surface area contributed by atoms with Gasteiger partial charge in [-0.3, -0.25) is 4.79 Å². The molecule has 9 heteroatoms. The molecule has 0 saturated carbocycles. The van der Waals surface area contributed by atoms with Crippen molar-refractivity contribution in [2.75, 3.05) is 6.54 Å². The van der Waals surface area contributed by atoms with Gasteiger partial charge < -0.3 is 21.9 Å². The van der Waals surface area contributed by atoms with Crippen LogP contribution in [0, 0.1) is 0 Å². The second-order valence-electron chi connectivity index (χ2n) is 4.64. The van der Waals surface area contributed by atoms with Crippen LogP contribution in [0.3, 0.4) is 0 Å². The summed E-state index contributed by atoms with van der Waals surface area (Å²) in [5, 5.41) is 11.2. The molecule has 22 heavy (non-hydrogen) atoms. The molecule has 0 aliphatic heterocycles. The molecule has 0 aromatic heterocycles. The molecule has 0 spiro atoms. The lowest BCUT2D eigenvalue weighted by Gasteiger charge is -2.17. The van der Waals surface area contributed by atoms with E-state index in [0.717, 1.165) is 24.3 Å². The minimum atomic E-state index is -4.47. The van der Waals surface area contributed by atoms with Gasteiger partial charge in [0.15, 0.2) is 0 Å². The number of carbonyl (C=O) groups is 2. The molecule has 0 aliphatic carbocycles. The highest BCUT2D eigenvalue weighted by atomic mass is 19.4. The zero-order valence-electron chi connectivity index (χ0n) is 11.4. The maximum Gasteiger partial charge on any atom is 0.416 e. The standard InChI is InChI=1S/C13H16F3N3O3/c14-13(15,16)8-3-1-7(2-4-8)5-10(12(21)22)19-11(20)9(18)6-17/h1-4,9-10H,5-6,17-18H2,(H,19,20)(H,21,22)/t9-,10+/m1/s1. The van der Waals surface area contributed by atoms with Gasteiger partial charge in [0, 0.05) is 13.0 Å². The Morgan fingerprint density at radius 2 is 1.77 bits per heavy atom. The van der Waals surface area contributed by atoms with Crippen molar-refractivity contribution in [3.8, 4) is 0 Å². The van der Waals surface area contributed by atoms with Crippen molar-refractivity contribution in [2.24, 2.45) is 11.5 Å². The predicted octanol–water partition coefficient (Wildman–Crippen LogP) is 0.103. The third-order valence-electron chi connectivity index (χ3n) is 2.93. The number of benzene rings is 1. The van der Waals surface area contributed by atoms with Crippen LogP contribution in [0.1, 0.15) is 11.1 Å². The fourth-order valence-electron chi connectivity index (χ4n) is 1.65. The van der Waals surface area contributed by atoms with Crippen LogP contribution in [0.25, 0.3) is 0 Å². The van der Waals surface area contributed by atoms with Crippen molar-refractivity contribution in [3.05, 3.63) is 35.4 Å². The van der Waals surface area contributed by atoms with Crippen LogP contribution < -0.4 is 16.8 Å². The van der Waals surface area contributed by atoms with Gasteiger partial charge in [-0.25, -0.2) is 4.79 Å². The number of halogens is 3. The number of nitrogens with two attached hydrogens (primary N) is 2. The zero-order valence-corrected chi connectivity index (χ0v) is 11.4. The zero-order chi connectivity index (χ0) is 16.9. The Balaban J connectivity index is 2.79. The van der Waals surface area contributed by atoms with E-state index in [1.165, 1.54) is 0 Å². The quantitative estimate of drug-likeness (QED) is 0.593. The molecule has 0 fully saturated rings. The van der Waals surface area contributed by atoms with Crippen molar-refractivity contribution >= 4 is 11.9 Å². The average Bonchev–Trinajstić information content (AvgIpc) is 2.45. The van der Waals surface area contributed by atoms with Gasteiger partial charge in [0.2, 0.25) is 5.91 Å². The molecular formula is C13H16F3N3O3. The fraction of sp³-hybridized carbons (Fsp3) is 0.385. The molecule has 0 aliphatic rings. The second-order valence-corrected chi connectivity index (χ2v) is 4.64. The van der Waals surface area contributed by atoms with Crippen LogP contribution in [0.2, 0.25) is 0 Å². The van der Waals surface area contributed by atoms with Gasteiger partial charge in [0.05, 0.1) is 11.6 Å². The van der Waals surface area contributed by atoms with E-state index in [4.69, 9.17) is 16.6 Å². The van der Waals surface area contributed by atoms with E-state index < -0.39 is 35.7 Å². The monoisotopic (exact) mass is 319 g/mol. The SMILES string of the molecule is NC[C@@H](N)C(=O)N[C@@H](Cc1ccc(C(F)(F)F)cc1)C(=O)O. The van der Waals surface area contributed by atoms with Gasteiger partial charge >= 0.3 is 12.1 Å². The lowest BCUT2D eigenvalue weighted by atomic mass is 10.0. The molecule has 6 N–H and O–H groups in total. The molecule has 2 atom stereocenters. The summed E-state index contributed by atoms with van der Waals surface area (Å²) in [4.78, 5) is 22.6. The molecule has 0 saturated heterocycles. The third-order valence-corrected chi connectivity index (χ3v) is 2.93. The molecule has 6 nitrogen and oxygen atoms in total. The third kappa shape index (κ3) is 5.01. The Bertz CT molecular complexity index is 532. The lowest BCUT2D eigenvalue weighted by molar-refractivity contribution is -0.142. The number of carboxylic acid groups (broad SMARTS) is 1. The van der Waals surface area contributed by atoms with E-state index in [9.17, 15) is 22.8 Å². The van der Waals surface area contributed by atoms with Gasteiger partial charge in [-0.1, -0.05) is 12.1 Å². The normalized spacial score (nSPS) is 14.2. The van der Waals surface area contributed by atoms with E-state index in [-0.39, 0.29) is 13.0 Å². The van der Waals surface area contributed by atoms with Crippen LogP contribution in [0.4, 0.5) is 13.2 Å². The Morgan fingerprint density at radius 3 is 2.18 bits per heavy atom. The summed E-state index contributed by atoms with van der Waals surface area (Å²) >= 11 is 0. The summed E-state index contributed by atoms with van der Waals surface area (Å²) in [6, 6.07) is 1.67. The van der Waals surface area contributed by atoms with Gasteiger partial charge in [-0.15, -0.1) is 0 Å². The highest BCUT2D eigenvalue weighted by molar-refractivity contribution is 5.87. The maximum absolute atomic E-state index is 12.4. The smallest absolute Gasteiger partial charge is 0.416 e. The summed E-state index contributed by atoms with van der Waals surface area (Å²) in [5.74, 6) is -2.06. The summed E-state index contributed by atoms with van der Waals surface area (Å²) in [5.41, 5.74) is 10.1. The highest BCUT2D eigenvalue weighted by Crippen LogP contribution is 2.29. The van der Waals surface area contributed by atoms with Crippen LogP contribution in [0.5, 0.6) is 0 Å². The molecular weight excluding hydrogens is 303 g/mol. The van der Waals surface area contributed by atoms with Gasteiger partial charge in [-0.2, -0.15) is 13.2 Å². The molecule has 122 valence electrons. The number of rotatable bonds is 6. The van der Waals surface area contributed by atoms with Crippen molar-refractivity contribution in [1.82, 2.24) is 5.32 Å². The minimum Gasteiger partial charge on any atom is -0.480 e. The number of hydrogen-bond donors (Lipinski definition) is 4. The van der Waals surface area contributed by atoms with Gasteiger partial charge in [0.1, 0.15) is 6.04 Å². The van der Waals surface area contributed by atoms with E-state index >= 15 is 0 Å². The van der Waals surface area contributed by atoms with E-state index in [1.54, 1.807) is 0 Å². The highest BCUT2D eigenvalue weighted by Gasteiger charge is 2.30. The van der Waals surface area contributed by atoms with Crippen LogP contribution >= 0.6 is 0 Å². The first-order chi connectivity index (χ1) is 10.1. The topological polar surface area (TPSA) is 118 Å². The molecule has 1 aromatic rings. The first kappa shape index (κ1) is 17.9. The molecule has 0 radical (unpaired) electrons. The lowest BCUT2D eigenvalue weighted by Crippen LogP contribution is -2.51. The van der Waals surface area contributed by atoms with Gasteiger partial charge in [0.25, 0.3) is 0 Å². The predicted molar refractivity (Wildman–Crippen MR) is 71.7 cm³/mol. The Kier molecular flexibility index (Phi) is 5.89. The Labute approximate surface area is 124 Å². The van der Waals surface area contributed by atoms with Crippen LogP contribution in [-0.2, 0) is 22.2 Å². The number of alkyl halides is 3. The Hall–Kier alpha value is -2.13.